The Hall–Kier alpha value is -0.0800. The molecule has 0 saturated heterocycles. The lowest BCUT2D eigenvalue weighted by atomic mass is 9.58. The van der Waals surface area contributed by atoms with Gasteiger partial charge in [-0.1, -0.05) is 0 Å². The van der Waals surface area contributed by atoms with Crippen LogP contribution in [0.5, 0.6) is 0 Å². The SMILES string of the molecule is NC[C@@H]1C2CCC(CC2)[C@@H]1CN. The largest absolute Gasteiger partial charge is 0.330 e. The second-order valence-corrected chi connectivity index (χ2v) is 4.47. The van der Waals surface area contributed by atoms with E-state index in [0.717, 1.165) is 36.8 Å². The number of nitrogens with two attached hydrogens (primary N) is 2. The summed E-state index contributed by atoms with van der Waals surface area (Å²) in [5.41, 5.74) is 11.6. The van der Waals surface area contributed by atoms with Crippen molar-refractivity contribution in [2.75, 3.05) is 13.1 Å². The molecule has 70 valence electrons. The van der Waals surface area contributed by atoms with Crippen molar-refractivity contribution in [3.8, 4) is 0 Å². The molecule has 2 atom stereocenters. The number of fused-ring (bicyclic) bond motifs is 3. The summed E-state index contributed by atoms with van der Waals surface area (Å²) in [7, 11) is 0. The van der Waals surface area contributed by atoms with E-state index in [1.165, 1.54) is 25.7 Å². The molecule has 0 spiro atoms. The standard InChI is InChI=1S/C10H20N2/c11-5-9-7-1-2-8(4-3-7)10(9)6-12/h7-10H,1-6,11-12H2/t7?,8?,9-,10+. The predicted octanol–water partition coefficient (Wildman–Crippen LogP) is 0.956. The zero-order valence-corrected chi connectivity index (χ0v) is 7.71. The molecule has 3 saturated carbocycles. The maximum Gasteiger partial charge on any atom is -0.00430 e. The van der Waals surface area contributed by atoms with Crippen LogP contribution in [0.3, 0.4) is 0 Å². The van der Waals surface area contributed by atoms with E-state index in [-0.39, 0.29) is 0 Å². The van der Waals surface area contributed by atoms with Crippen LogP contribution >= 0.6 is 0 Å². The van der Waals surface area contributed by atoms with Gasteiger partial charge in [0.25, 0.3) is 0 Å². The quantitative estimate of drug-likeness (QED) is 0.645. The third-order valence-electron chi connectivity index (χ3n) is 4.12. The first kappa shape index (κ1) is 8.52. The normalized spacial score (nSPS) is 46.5. The molecule has 3 aliphatic rings. The number of hydrogen-bond donors (Lipinski definition) is 2. The van der Waals surface area contributed by atoms with Gasteiger partial charge in [-0.15, -0.1) is 0 Å². The highest BCUT2D eigenvalue weighted by Gasteiger charge is 2.41. The molecule has 2 nitrogen and oxygen atoms in total. The highest BCUT2D eigenvalue weighted by atomic mass is 14.7. The summed E-state index contributed by atoms with van der Waals surface area (Å²) in [6.07, 6.45) is 5.68. The van der Waals surface area contributed by atoms with Gasteiger partial charge in [0.05, 0.1) is 0 Å². The van der Waals surface area contributed by atoms with Crippen LogP contribution in [0.15, 0.2) is 0 Å². The van der Waals surface area contributed by atoms with Gasteiger partial charge in [0.1, 0.15) is 0 Å². The fourth-order valence-electron chi connectivity index (χ4n) is 3.43. The molecule has 0 amide bonds. The van der Waals surface area contributed by atoms with Crippen molar-refractivity contribution >= 4 is 0 Å². The molecule has 2 heteroatoms. The van der Waals surface area contributed by atoms with Crippen LogP contribution in [0.4, 0.5) is 0 Å². The van der Waals surface area contributed by atoms with Crippen LogP contribution in [0.2, 0.25) is 0 Å². The monoisotopic (exact) mass is 168 g/mol. The predicted molar refractivity (Wildman–Crippen MR) is 50.5 cm³/mol. The van der Waals surface area contributed by atoms with Gasteiger partial charge in [0.15, 0.2) is 0 Å². The van der Waals surface area contributed by atoms with Crippen LogP contribution in [-0.2, 0) is 0 Å². The Kier molecular flexibility index (Phi) is 2.37. The summed E-state index contributed by atoms with van der Waals surface area (Å²) in [6.45, 7) is 1.73. The van der Waals surface area contributed by atoms with E-state index >= 15 is 0 Å². The molecule has 3 fully saturated rings. The first-order chi connectivity index (χ1) is 5.86. The molecule has 12 heavy (non-hydrogen) atoms. The summed E-state index contributed by atoms with van der Waals surface area (Å²) in [5.74, 6) is 3.33. The molecule has 4 N–H and O–H groups in total. The maximum absolute atomic E-state index is 5.80. The highest BCUT2D eigenvalue weighted by Crippen LogP contribution is 2.47. The molecular formula is C10H20N2. The van der Waals surface area contributed by atoms with Gasteiger partial charge in [-0.25, -0.2) is 0 Å². The van der Waals surface area contributed by atoms with Gasteiger partial charge in [-0.2, -0.15) is 0 Å². The van der Waals surface area contributed by atoms with Gasteiger partial charge in [0.2, 0.25) is 0 Å². The summed E-state index contributed by atoms with van der Waals surface area (Å²) in [5, 5.41) is 0. The van der Waals surface area contributed by atoms with Crippen LogP contribution < -0.4 is 11.5 Å². The summed E-state index contributed by atoms with van der Waals surface area (Å²) in [4.78, 5) is 0. The van der Waals surface area contributed by atoms with Gasteiger partial charge in [-0.05, 0) is 62.4 Å². The molecule has 3 rings (SSSR count). The molecule has 0 heterocycles. The second kappa shape index (κ2) is 3.35. The van der Waals surface area contributed by atoms with Crippen molar-refractivity contribution in [2.45, 2.75) is 25.7 Å². The third kappa shape index (κ3) is 1.17. The lowest BCUT2D eigenvalue weighted by molar-refractivity contribution is 0.0337. The molecular weight excluding hydrogens is 148 g/mol. The van der Waals surface area contributed by atoms with Crippen LogP contribution in [0.1, 0.15) is 25.7 Å². The van der Waals surface area contributed by atoms with E-state index in [9.17, 15) is 0 Å². The first-order valence-electron chi connectivity index (χ1n) is 5.27. The molecule has 3 aliphatic carbocycles. The minimum atomic E-state index is 0.752. The van der Waals surface area contributed by atoms with Crippen molar-refractivity contribution in [3.05, 3.63) is 0 Å². The minimum Gasteiger partial charge on any atom is -0.330 e. The van der Waals surface area contributed by atoms with Crippen molar-refractivity contribution in [1.29, 1.82) is 0 Å². The van der Waals surface area contributed by atoms with Gasteiger partial charge in [-0.3, -0.25) is 0 Å². The third-order valence-corrected chi connectivity index (χ3v) is 4.12. The molecule has 0 unspecified atom stereocenters. The fraction of sp³-hybridized carbons (Fsp3) is 1.00. The highest BCUT2D eigenvalue weighted by molar-refractivity contribution is 4.93. The molecule has 0 aromatic carbocycles. The van der Waals surface area contributed by atoms with Crippen molar-refractivity contribution < 1.29 is 0 Å². The van der Waals surface area contributed by atoms with E-state index in [2.05, 4.69) is 0 Å². The summed E-state index contributed by atoms with van der Waals surface area (Å²) >= 11 is 0. The fourth-order valence-corrected chi connectivity index (χ4v) is 3.43. The van der Waals surface area contributed by atoms with Gasteiger partial charge in [0, 0.05) is 0 Å². The number of rotatable bonds is 2. The van der Waals surface area contributed by atoms with E-state index in [4.69, 9.17) is 11.5 Å². The summed E-state index contributed by atoms with van der Waals surface area (Å²) < 4.78 is 0. The average molecular weight is 168 g/mol. The minimum absolute atomic E-state index is 0.752. The smallest absolute Gasteiger partial charge is 0.00430 e. The Labute approximate surface area is 74.7 Å². The van der Waals surface area contributed by atoms with Crippen molar-refractivity contribution in [3.63, 3.8) is 0 Å². The van der Waals surface area contributed by atoms with Crippen LogP contribution in [0, 0.1) is 23.7 Å². The second-order valence-electron chi connectivity index (χ2n) is 4.47. The van der Waals surface area contributed by atoms with E-state index in [1.54, 1.807) is 0 Å². The van der Waals surface area contributed by atoms with E-state index < -0.39 is 0 Å². The van der Waals surface area contributed by atoms with E-state index in [1.807, 2.05) is 0 Å². The van der Waals surface area contributed by atoms with Gasteiger partial charge < -0.3 is 11.5 Å². The molecule has 0 aromatic rings. The molecule has 0 aromatic heterocycles. The first-order valence-corrected chi connectivity index (χ1v) is 5.27. The average Bonchev–Trinajstić information content (AvgIpc) is 2.18. The lowest BCUT2D eigenvalue weighted by Gasteiger charge is -2.48. The topological polar surface area (TPSA) is 52.0 Å². The maximum atomic E-state index is 5.80. The Morgan fingerprint density at radius 2 is 1.08 bits per heavy atom. The Morgan fingerprint density at radius 3 is 1.33 bits per heavy atom. The molecule has 2 bridgehead atoms. The zero-order chi connectivity index (χ0) is 8.55. The van der Waals surface area contributed by atoms with Crippen molar-refractivity contribution in [2.24, 2.45) is 35.1 Å². The van der Waals surface area contributed by atoms with E-state index in [0.29, 0.717) is 0 Å². The number of hydrogen-bond acceptors (Lipinski definition) is 2. The van der Waals surface area contributed by atoms with Crippen LogP contribution in [0.25, 0.3) is 0 Å². The summed E-state index contributed by atoms with van der Waals surface area (Å²) in [6, 6.07) is 0. The Balaban J connectivity index is 2.10. The lowest BCUT2D eigenvalue weighted by Crippen LogP contribution is -2.46. The Bertz CT molecular complexity index is 132. The Morgan fingerprint density at radius 1 is 0.750 bits per heavy atom. The molecule has 0 aliphatic heterocycles. The molecule has 0 radical (unpaired) electrons. The van der Waals surface area contributed by atoms with Crippen molar-refractivity contribution in [1.82, 2.24) is 0 Å². The van der Waals surface area contributed by atoms with Gasteiger partial charge >= 0.3 is 0 Å². The van der Waals surface area contributed by atoms with Crippen LogP contribution in [-0.4, -0.2) is 13.1 Å². The zero-order valence-electron chi connectivity index (χ0n) is 7.71.